The monoisotopic (exact) mass is 175 g/mol. The molecule has 0 amide bonds. The lowest BCUT2D eigenvalue weighted by Crippen LogP contribution is -2.42. The number of carboxylic acid groups (broad SMARTS) is 1. The number of hydrogen-bond acceptors (Lipinski definition) is 3. The highest BCUT2D eigenvalue weighted by atomic mass is 32.2. The van der Waals surface area contributed by atoms with Gasteiger partial charge in [-0.3, -0.25) is 10.1 Å². The molecule has 1 aliphatic rings. The molecule has 11 heavy (non-hydrogen) atoms. The van der Waals surface area contributed by atoms with Crippen LogP contribution in [0.5, 0.6) is 0 Å². The molecule has 2 atom stereocenters. The second kappa shape index (κ2) is 3.03. The summed E-state index contributed by atoms with van der Waals surface area (Å²) in [5.41, 5.74) is 0. The highest BCUT2D eigenvalue weighted by Gasteiger charge is 2.36. The quantitative estimate of drug-likeness (QED) is 0.654. The zero-order valence-corrected chi connectivity index (χ0v) is 7.57. The summed E-state index contributed by atoms with van der Waals surface area (Å²) in [6.45, 7) is 4.10. The molecule has 2 N–H and O–H groups in total. The van der Waals surface area contributed by atoms with Gasteiger partial charge in [0.25, 0.3) is 0 Å². The number of hydrogen-bond donors (Lipinski definition) is 2. The summed E-state index contributed by atoms with van der Waals surface area (Å²) in [6.07, 6.45) is 0.960. The lowest BCUT2D eigenvalue weighted by atomic mass is 10.2. The molecule has 4 heteroatoms. The van der Waals surface area contributed by atoms with Crippen molar-refractivity contribution in [3.05, 3.63) is 0 Å². The van der Waals surface area contributed by atoms with Crippen LogP contribution in [0.25, 0.3) is 0 Å². The Kier molecular flexibility index (Phi) is 2.44. The predicted octanol–water partition coefficient (Wildman–Crippen LogP) is 0.902. The molecular formula is C7H13NO2S. The van der Waals surface area contributed by atoms with Crippen LogP contribution < -0.4 is 5.32 Å². The Morgan fingerprint density at radius 3 is 2.82 bits per heavy atom. The minimum atomic E-state index is -0.741. The lowest BCUT2D eigenvalue weighted by molar-refractivity contribution is -0.138. The van der Waals surface area contributed by atoms with Gasteiger partial charge < -0.3 is 5.11 Å². The molecule has 0 radical (unpaired) electrons. The van der Waals surface area contributed by atoms with Gasteiger partial charge in [-0.2, -0.15) is 0 Å². The average Bonchev–Trinajstić information content (AvgIpc) is 2.33. The number of thioether (sulfide) groups is 1. The van der Waals surface area contributed by atoms with Crippen molar-refractivity contribution in [1.29, 1.82) is 0 Å². The normalized spacial score (nSPS) is 37.5. The number of rotatable bonds is 2. The van der Waals surface area contributed by atoms with Crippen molar-refractivity contribution in [3.8, 4) is 0 Å². The fourth-order valence-electron chi connectivity index (χ4n) is 1.06. The Labute approximate surface area is 70.6 Å². The summed E-state index contributed by atoms with van der Waals surface area (Å²) in [7, 11) is 0. The van der Waals surface area contributed by atoms with E-state index in [0.29, 0.717) is 5.75 Å². The van der Waals surface area contributed by atoms with Crippen molar-refractivity contribution in [2.75, 3.05) is 5.75 Å². The van der Waals surface area contributed by atoms with E-state index in [1.165, 1.54) is 0 Å². The van der Waals surface area contributed by atoms with Crippen LogP contribution in [-0.2, 0) is 4.79 Å². The third kappa shape index (κ3) is 1.87. The first-order valence-electron chi connectivity index (χ1n) is 3.72. The summed E-state index contributed by atoms with van der Waals surface area (Å²) < 4.78 is 0. The maximum absolute atomic E-state index is 10.5. The van der Waals surface area contributed by atoms with E-state index in [4.69, 9.17) is 5.11 Å². The van der Waals surface area contributed by atoms with Crippen LogP contribution in [0.4, 0.5) is 0 Å². The molecule has 0 aromatic carbocycles. The van der Waals surface area contributed by atoms with Gasteiger partial charge in [-0.25, -0.2) is 0 Å². The minimum Gasteiger partial charge on any atom is -0.480 e. The molecule has 0 bridgehead atoms. The molecule has 1 aliphatic heterocycles. The Morgan fingerprint density at radius 2 is 2.55 bits per heavy atom. The van der Waals surface area contributed by atoms with Crippen LogP contribution in [0, 0.1) is 0 Å². The summed E-state index contributed by atoms with van der Waals surface area (Å²) in [4.78, 5) is 10.5. The second-order valence-corrected chi connectivity index (χ2v) is 4.45. The summed E-state index contributed by atoms with van der Waals surface area (Å²) >= 11 is 1.69. The van der Waals surface area contributed by atoms with Crippen molar-refractivity contribution < 1.29 is 9.90 Å². The predicted molar refractivity (Wildman–Crippen MR) is 45.7 cm³/mol. The molecule has 0 spiro atoms. The van der Waals surface area contributed by atoms with Gasteiger partial charge >= 0.3 is 5.97 Å². The molecule has 0 aliphatic carbocycles. The SMILES string of the molecule is CCC1(C)NC(C(=O)O)CS1. The number of carboxylic acids is 1. The molecule has 1 rings (SSSR count). The zero-order valence-electron chi connectivity index (χ0n) is 6.76. The van der Waals surface area contributed by atoms with Gasteiger partial charge in [0.1, 0.15) is 6.04 Å². The van der Waals surface area contributed by atoms with Crippen LogP contribution in [0.3, 0.4) is 0 Å². The van der Waals surface area contributed by atoms with Gasteiger partial charge in [0.05, 0.1) is 4.87 Å². The van der Waals surface area contributed by atoms with Crippen molar-refractivity contribution in [2.24, 2.45) is 0 Å². The van der Waals surface area contributed by atoms with Gasteiger partial charge in [-0.1, -0.05) is 6.92 Å². The summed E-state index contributed by atoms with van der Waals surface area (Å²) in [5.74, 6) is -0.0608. The molecule has 64 valence electrons. The molecule has 0 aromatic heterocycles. The molecular weight excluding hydrogens is 162 g/mol. The zero-order chi connectivity index (χ0) is 8.48. The van der Waals surface area contributed by atoms with Crippen molar-refractivity contribution >= 4 is 17.7 Å². The van der Waals surface area contributed by atoms with E-state index < -0.39 is 5.97 Å². The van der Waals surface area contributed by atoms with Gasteiger partial charge in [-0.05, 0) is 13.3 Å². The topological polar surface area (TPSA) is 49.3 Å². The molecule has 1 heterocycles. The summed E-state index contributed by atoms with van der Waals surface area (Å²) in [6, 6.07) is -0.357. The Balaban J connectivity index is 2.53. The first-order chi connectivity index (χ1) is 5.07. The van der Waals surface area contributed by atoms with Gasteiger partial charge in [0, 0.05) is 5.75 Å². The maximum atomic E-state index is 10.5. The van der Waals surface area contributed by atoms with Crippen molar-refractivity contribution in [1.82, 2.24) is 5.32 Å². The van der Waals surface area contributed by atoms with Crippen LogP contribution in [-0.4, -0.2) is 27.7 Å². The average molecular weight is 175 g/mol. The second-order valence-electron chi connectivity index (χ2n) is 2.93. The molecule has 0 saturated carbocycles. The van der Waals surface area contributed by atoms with Crippen LogP contribution in [0.15, 0.2) is 0 Å². The first kappa shape index (κ1) is 8.87. The van der Waals surface area contributed by atoms with Crippen LogP contribution >= 0.6 is 11.8 Å². The molecule has 1 fully saturated rings. The van der Waals surface area contributed by atoms with E-state index in [9.17, 15) is 4.79 Å². The van der Waals surface area contributed by atoms with Gasteiger partial charge in [0.2, 0.25) is 0 Å². The van der Waals surface area contributed by atoms with E-state index in [2.05, 4.69) is 12.2 Å². The molecule has 0 aromatic rings. The molecule has 2 unspecified atom stereocenters. The smallest absolute Gasteiger partial charge is 0.321 e. The van der Waals surface area contributed by atoms with Crippen LogP contribution in [0.2, 0.25) is 0 Å². The first-order valence-corrected chi connectivity index (χ1v) is 4.70. The fourth-order valence-corrected chi connectivity index (χ4v) is 2.25. The van der Waals surface area contributed by atoms with E-state index in [1.807, 2.05) is 6.92 Å². The standard InChI is InChI=1S/C7H13NO2S/c1-3-7(2)8-5(4-11-7)6(9)10/h5,8H,3-4H2,1-2H3,(H,9,10). The van der Waals surface area contributed by atoms with Gasteiger partial charge in [0.15, 0.2) is 0 Å². The fraction of sp³-hybridized carbons (Fsp3) is 0.857. The Hall–Kier alpha value is -0.220. The van der Waals surface area contributed by atoms with E-state index in [-0.39, 0.29) is 10.9 Å². The highest BCUT2D eigenvalue weighted by molar-refractivity contribution is 8.00. The van der Waals surface area contributed by atoms with Crippen molar-refractivity contribution in [3.63, 3.8) is 0 Å². The lowest BCUT2D eigenvalue weighted by Gasteiger charge is -2.21. The number of nitrogens with one attached hydrogen (secondary N) is 1. The third-order valence-corrected chi connectivity index (χ3v) is 3.56. The largest absolute Gasteiger partial charge is 0.480 e. The third-order valence-electron chi connectivity index (χ3n) is 2.02. The van der Waals surface area contributed by atoms with E-state index in [1.54, 1.807) is 11.8 Å². The van der Waals surface area contributed by atoms with Crippen LogP contribution in [0.1, 0.15) is 20.3 Å². The van der Waals surface area contributed by atoms with Gasteiger partial charge in [-0.15, -0.1) is 11.8 Å². The number of aliphatic carboxylic acids is 1. The Morgan fingerprint density at radius 1 is 1.91 bits per heavy atom. The molecule has 3 nitrogen and oxygen atoms in total. The number of carbonyl (C=O) groups is 1. The summed E-state index contributed by atoms with van der Waals surface area (Å²) in [5, 5.41) is 11.7. The van der Waals surface area contributed by atoms with Crippen molar-refractivity contribution in [2.45, 2.75) is 31.2 Å². The molecule has 1 saturated heterocycles. The Bertz CT molecular complexity index is 174. The van der Waals surface area contributed by atoms with E-state index in [0.717, 1.165) is 6.42 Å². The maximum Gasteiger partial charge on any atom is 0.321 e. The minimum absolute atomic E-state index is 0.0247. The van der Waals surface area contributed by atoms with E-state index >= 15 is 0 Å². The highest BCUT2D eigenvalue weighted by Crippen LogP contribution is 2.32.